The fourth-order valence-corrected chi connectivity index (χ4v) is 3.34. The molecule has 1 N–H and O–H groups in total. The molecular weight excluding hydrogens is 274 g/mol. The Labute approximate surface area is 125 Å². The van der Waals surface area contributed by atoms with Crippen LogP contribution < -0.4 is 5.32 Å². The monoisotopic (exact) mass is 295 g/mol. The molecule has 1 aromatic carbocycles. The lowest BCUT2D eigenvalue weighted by molar-refractivity contribution is -0.179. The average Bonchev–Trinajstić information content (AvgIpc) is 2.91. The van der Waals surface area contributed by atoms with E-state index < -0.39 is 0 Å². The van der Waals surface area contributed by atoms with Crippen LogP contribution in [0.2, 0.25) is 5.02 Å². The van der Waals surface area contributed by atoms with E-state index in [2.05, 4.69) is 24.4 Å². The van der Waals surface area contributed by atoms with E-state index in [-0.39, 0.29) is 5.79 Å². The van der Waals surface area contributed by atoms with Crippen LogP contribution in [-0.4, -0.2) is 25.0 Å². The topological polar surface area (TPSA) is 30.5 Å². The molecule has 1 saturated carbocycles. The van der Waals surface area contributed by atoms with Crippen LogP contribution in [0.5, 0.6) is 0 Å². The lowest BCUT2D eigenvalue weighted by Crippen LogP contribution is -2.42. The Bertz CT molecular complexity index is 432. The van der Waals surface area contributed by atoms with E-state index in [0.717, 1.165) is 43.9 Å². The third kappa shape index (κ3) is 3.17. The minimum absolute atomic E-state index is 0.262. The van der Waals surface area contributed by atoms with E-state index in [9.17, 15) is 0 Å². The highest BCUT2D eigenvalue weighted by molar-refractivity contribution is 6.30. The summed E-state index contributed by atoms with van der Waals surface area (Å²) < 4.78 is 11.5. The first-order chi connectivity index (χ1) is 9.67. The van der Waals surface area contributed by atoms with E-state index in [1.807, 2.05) is 12.1 Å². The van der Waals surface area contributed by atoms with Crippen molar-refractivity contribution in [1.29, 1.82) is 0 Å². The molecule has 2 aliphatic rings. The van der Waals surface area contributed by atoms with Gasteiger partial charge in [0.25, 0.3) is 0 Å². The lowest BCUT2D eigenvalue weighted by Gasteiger charge is -2.36. The molecule has 110 valence electrons. The second kappa shape index (κ2) is 6.02. The van der Waals surface area contributed by atoms with Crippen molar-refractivity contribution in [3.8, 4) is 0 Å². The molecule has 1 aliphatic heterocycles. The van der Waals surface area contributed by atoms with Crippen molar-refractivity contribution in [2.24, 2.45) is 0 Å². The summed E-state index contributed by atoms with van der Waals surface area (Å²) in [6.07, 6.45) is 4.21. The molecule has 20 heavy (non-hydrogen) atoms. The second-order valence-corrected chi connectivity index (χ2v) is 6.26. The number of ether oxygens (including phenoxy) is 2. The van der Waals surface area contributed by atoms with Gasteiger partial charge in [0.1, 0.15) is 0 Å². The first-order valence-corrected chi connectivity index (χ1v) is 7.84. The molecule has 3 rings (SSSR count). The van der Waals surface area contributed by atoms with Gasteiger partial charge in [-0.15, -0.1) is 0 Å². The van der Waals surface area contributed by atoms with Crippen molar-refractivity contribution >= 4 is 11.6 Å². The van der Waals surface area contributed by atoms with Crippen molar-refractivity contribution < 1.29 is 9.47 Å². The lowest BCUT2D eigenvalue weighted by atomic mass is 9.89. The van der Waals surface area contributed by atoms with Crippen LogP contribution >= 0.6 is 11.6 Å². The molecule has 1 aliphatic carbocycles. The molecule has 1 unspecified atom stereocenters. The second-order valence-electron chi connectivity index (χ2n) is 5.82. The Morgan fingerprint density at radius 2 is 1.75 bits per heavy atom. The van der Waals surface area contributed by atoms with Gasteiger partial charge in [0.2, 0.25) is 0 Å². The fraction of sp³-hybridized carbons (Fsp3) is 0.625. The number of halogens is 1. The van der Waals surface area contributed by atoms with Gasteiger partial charge in [-0.05, 0) is 37.5 Å². The van der Waals surface area contributed by atoms with Crippen LogP contribution in [0.25, 0.3) is 0 Å². The molecule has 0 bridgehead atoms. The number of nitrogens with one attached hydrogen (secondary N) is 1. The summed E-state index contributed by atoms with van der Waals surface area (Å²) in [6.45, 7) is 3.70. The van der Waals surface area contributed by atoms with E-state index >= 15 is 0 Å². The van der Waals surface area contributed by atoms with Crippen molar-refractivity contribution in [1.82, 2.24) is 5.32 Å². The summed E-state index contributed by atoms with van der Waals surface area (Å²) in [5.41, 5.74) is 1.28. The normalized spacial score (nSPS) is 24.1. The summed E-state index contributed by atoms with van der Waals surface area (Å²) in [4.78, 5) is 0. The molecule has 1 spiro atoms. The van der Waals surface area contributed by atoms with Crippen molar-refractivity contribution in [2.45, 2.75) is 50.5 Å². The fourth-order valence-electron chi connectivity index (χ4n) is 3.21. The van der Waals surface area contributed by atoms with Crippen LogP contribution in [0.3, 0.4) is 0 Å². The summed E-state index contributed by atoms with van der Waals surface area (Å²) in [7, 11) is 0. The van der Waals surface area contributed by atoms with Gasteiger partial charge in [-0.1, -0.05) is 23.7 Å². The van der Waals surface area contributed by atoms with Gasteiger partial charge in [-0.2, -0.15) is 0 Å². The smallest absolute Gasteiger partial charge is 0.168 e. The highest BCUT2D eigenvalue weighted by Gasteiger charge is 2.40. The number of hydrogen-bond donors (Lipinski definition) is 1. The first kappa shape index (κ1) is 14.3. The zero-order valence-electron chi connectivity index (χ0n) is 11.9. The molecule has 4 heteroatoms. The predicted molar refractivity (Wildman–Crippen MR) is 79.9 cm³/mol. The Morgan fingerprint density at radius 3 is 2.35 bits per heavy atom. The van der Waals surface area contributed by atoms with Gasteiger partial charge in [0.15, 0.2) is 5.79 Å². The minimum atomic E-state index is -0.262. The largest absolute Gasteiger partial charge is 0.348 e. The molecular formula is C16H22ClNO2. The quantitative estimate of drug-likeness (QED) is 0.923. The summed E-state index contributed by atoms with van der Waals surface area (Å²) in [6, 6.07) is 8.97. The van der Waals surface area contributed by atoms with Gasteiger partial charge in [-0.3, -0.25) is 0 Å². The van der Waals surface area contributed by atoms with Crippen molar-refractivity contribution in [3.63, 3.8) is 0 Å². The Balaban J connectivity index is 1.52. The van der Waals surface area contributed by atoms with Crippen LogP contribution in [0, 0.1) is 0 Å². The summed E-state index contributed by atoms with van der Waals surface area (Å²) in [5.74, 6) is -0.262. The van der Waals surface area contributed by atoms with E-state index in [0.29, 0.717) is 12.1 Å². The third-order valence-electron chi connectivity index (χ3n) is 4.42. The predicted octanol–water partition coefficient (Wildman–Crippen LogP) is 3.68. The maximum atomic E-state index is 5.93. The molecule has 0 amide bonds. The minimum Gasteiger partial charge on any atom is -0.348 e. The van der Waals surface area contributed by atoms with Gasteiger partial charge < -0.3 is 14.8 Å². The maximum Gasteiger partial charge on any atom is 0.168 e. The Morgan fingerprint density at radius 1 is 1.15 bits per heavy atom. The van der Waals surface area contributed by atoms with Crippen LogP contribution in [0.15, 0.2) is 24.3 Å². The SMILES string of the molecule is CC(NC1CCC2(CC1)OCCO2)c1ccc(Cl)cc1. The Kier molecular flexibility index (Phi) is 4.32. The molecule has 2 fully saturated rings. The number of hydrogen-bond acceptors (Lipinski definition) is 3. The summed E-state index contributed by atoms with van der Waals surface area (Å²) in [5, 5.41) is 4.49. The van der Waals surface area contributed by atoms with Gasteiger partial charge >= 0.3 is 0 Å². The van der Waals surface area contributed by atoms with E-state index in [4.69, 9.17) is 21.1 Å². The highest BCUT2D eigenvalue weighted by atomic mass is 35.5. The van der Waals surface area contributed by atoms with Gasteiger partial charge in [-0.25, -0.2) is 0 Å². The molecule has 0 radical (unpaired) electrons. The molecule has 1 heterocycles. The molecule has 1 aromatic rings. The zero-order chi connectivity index (χ0) is 14.0. The zero-order valence-corrected chi connectivity index (χ0v) is 12.7. The molecule has 3 nitrogen and oxygen atoms in total. The molecule has 0 aromatic heterocycles. The molecule has 1 atom stereocenters. The van der Waals surface area contributed by atoms with Crippen molar-refractivity contribution in [3.05, 3.63) is 34.9 Å². The summed E-state index contributed by atoms with van der Waals surface area (Å²) >= 11 is 5.93. The maximum absolute atomic E-state index is 5.93. The standard InChI is InChI=1S/C16H22ClNO2/c1-12(13-2-4-14(17)5-3-13)18-15-6-8-16(9-7-15)19-10-11-20-16/h2-5,12,15,18H,6-11H2,1H3. The number of benzene rings is 1. The van der Waals surface area contributed by atoms with Crippen LogP contribution in [0.1, 0.15) is 44.2 Å². The van der Waals surface area contributed by atoms with Gasteiger partial charge in [0.05, 0.1) is 13.2 Å². The average molecular weight is 296 g/mol. The Hall–Kier alpha value is -0.610. The third-order valence-corrected chi connectivity index (χ3v) is 4.67. The van der Waals surface area contributed by atoms with E-state index in [1.165, 1.54) is 5.56 Å². The molecule has 1 saturated heterocycles. The number of rotatable bonds is 3. The van der Waals surface area contributed by atoms with Crippen LogP contribution in [-0.2, 0) is 9.47 Å². The highest BCUT2D eigenvalue weighted by Crippen LogP contribution is 2.36. The van der Waals surface area contributed by atoms with Crippen molar-refractivity contribution in [2.75, 3.05) is 13.2 Å². The van der Waals surface area contributed by atoms with Crippen LogP contribution in [0.4, 0.5) is 0 Å². The van der Waals surface area contributed by atoms with Gasteiger partial charge in [0, 0.05) is 29.9 Å². The van der Waals surface area contributed by atoms with E-state index in [1.54, 1.807) is 0 Å². The first-order valence-electron chi connectivity index (χ1n) is 7.46.